The van der Waals surface area contributed by atoms with Crippen molar-refractivity contribution < 1.29 is 14.7 Å². The lowest BCUT2D eigenvalue weighted by Gasteiger charge is -2.13. The molecule has 0 aliphatic carbocycles. The van der Waals surface area contributed by atoms with Gasteiger partial charge in [-0.25, -0.2) is 4.68 Å². The Morgan fingerprint density at radius 3 is 2.27 bits per heavy atom. The van der Waals surface area contributed by atoms with E-state index >= 15 is 0 Å². The van der Waals surface area contributed by atoms with E-state index in [0.717, 1.165) is 10.2 Å². The first kappa shape index (κ1) is 15.5. The summed E-state index contributed by atoms with van der Waals surface area (Å²) in [7, 11) is 0. The molecule has 1 aromatic carbocycles. The van der Waals surface area contributed by atoms with Crippen molar-refractivity contribution in [3.05, 3.63) is 63.1 Å². The zero-order valence-electron chi connectivity index (χ0n) is 12.5. The molecule has 0 saturated carbocycles. The van der Waals surface area contributed by atoms with Gasteiger partial charge in [-0.15, -0.1) is 0 Å². The highest BCUT2D eigenvalue weighted by molar-refractivity contribution is 6.00. The Morgan fingerprint density at radius 1 is 1.14 bits per heavy atom. The minimum absolute atomic E-state index is 0.313. The number of carbonyl (C=O) groups excluding carboxylic acids is 2. The second-order valence-corrected chi connectivity index (χ2v) is 5.05. The molecule has 0 saturated heterocycles. The maximum Gasteiger partial charge on any atom is 0.284 e. The zero-order chi connectivity index (χ0) is 16.4. The maximum absolute atomic E-state index is 12.2. The average Bonchev–Trinajstić information content (AvgIpc) is 2.43. The van der Waals surface area contributed by atoms with Gasteiger partial charge >= 0.3 is 0 Å². The number of aryl methyl sites for hydroxylation is 2. The van der Waals surface area contributed by atoms with Crippen LogP contribution in [0.1, 0.15) is 38.9 Å². The molecule has 2 N–H and O–H groups in total. The smallest absolute Gasteiger partial charge is 0.284 e. The summed E-state index contributed by atoms with van der Waals surface area (Å²) in [6.45, 7) is 4.62. The number of ketones is 1. The van der Waals surface area contributed by atoms with Gasteiger partial charge in [0, 0.05) is 17.3 Å². The number of hydrogen-bond donors (Lipinski definition) is 2. The highest BCUT2D eigenvalue weighted by Gasteiger charge is 2.18. The average molecular weight is 300 g/mol. The molecular formula is C16H16N2O4. The van der Waals surface area contributed by atoms with Crippen LogP contribution >= 0.6 is 0 Å². The number of benzene rings is 1. The van der Waals surface area contributed by atoms with Gasteiger partial charge in [0.25, 0.3) is 11.5 Å². The van der Waals surface area contributed by atoms with Crippen LogP contribution in [-0.2, 0) is 0 Å². The maximum atomic E-state index is 12.2. The SMILES string of the molecule is CC(=O)c1c(O)cc(C)n(NC(=O)c2ccc(C)cc2)c1=O. The van der Waals surface area contributed by atoms with Gasteiger partial charge in [0.2, 0.25) is 0 Å². The fourth-order valence-electron chi connectivity index (χ4n) is 2.06. The highest BCUT2D eigenvalue weighted by Crippen LogP contribution is 2.14. The van der Waals surface area contributed by atoms with Crippen molar-refractivity contribution in [2.45, 2.75) is 20.8 Å². The Labute approximate surface area is 127 Å². The van der Waals surface area contributed by atoms with Gasteiger partial charge in [-0.05, 0) is 32.9 Å². The second-order valence-electron chi connectivity index (χ2n) is 5.05. The molecule has 6 nitrogen and oxygen atoms in total. The quantitative estimate of drug-likeness (QED) is 0.845. The Balaban J connectivity index is 2.43. The van der Waals surface area contributed by atoms with Gasteiger partial charge in [0.1, 0.15) is 11.3 Å². The predicted molar refractivity (Wildman–Crippen MR) is 82.0 cm³/mol. The van der Waals surface area contributed by atoms with Crippen molar-refractivity contribution in [3.63, 3.8) is 0 Å². The molecule has 6 heteroatoms. The van der Waals surface area contributed by atoms with Crippen molar-refractivity contribution in [2.75, 3.05) is 5.43 Å². The summed E-state index contributed by atoms with van der Waals surface area (Å²) in [5, 5.41) is 9.70. The van der Waals surface area contributed by atoms with Gasteiger partial charge < -0.3 is 5.11 Å². The third-order valence-corrected chi connectivity index (χ3v) is 3.25. The lowest BCUT2D eigenvalue weighted by molar-refractivity contribution is 0.0992. The van der Waals surface area contributed by atoms with Gasteiger partial charge in [0.15, 0.2) is 5.78 Å². The fourth-order valence-corrected chi connectivity index (χ4v) is 2.06. The molecule has 0 radical (unpaired) electrons. The van der Waals surface area contributed by atoms with Crippen LogP contribution in [0.25, 0.3) is 0 Å². The van der Waals surface area contributed by atoms with Crippen LogP contribution in [0.2, 0.25) is 0 Å². The number of pyridine rings is 1. The van der Waals surface area contributed by atoms with Crippen LogP contribution in [0.4, 0.5) is 0 Å². The molecule has 0 unspecified atom stereocenters. The Hall–Kier alpha value is -2.89. The van der Waals surface area contributed by atoms with E-state index in [4.69, 9.17) is 0 Å². The molecule has 22 heavy (non-hydrogen) atoms. The standard InChI is InChI=1S/C16H16N2O4/c1-9-4-6-12(7-5-9)15(21)17-18-10(2)8-13(20)14(11(3)19)16(18)22/h4-8,20H,1-3H3,(H,17,21). The third kappa shape index (κ3) is 2.90. The molecule has 0 atom stereocenters. The molecular weight excluding hydrogens is 284 g/mol. The summed E-state index contributed by atoms with van der Waals surface area (Å²) in [6, 6.07) is 8.09. The first-order valence-electron chi connectivity index (χ1n) is 6.66. The number of carbonyl (C=O) groups is 2. The lowest BCUT2D eigenvalue weighted by Crippen LogP contribution is -2.37. The molecule has 0 bridgehead atoms. The number of nitrogens with one attached hydrogen (secondary N) is 1. The molecule has 1 aromatic heterocycles. The number of aromatic nitrogens is 1. The summed E-state index contributed by atoms with van der Waals surface area (Å²) in [6.07, 6.45) is 0. The molecule has 1 amide bonds. The largest absolute Gasteiger partial charge is 0.507 e. The van der Waals surface area contributed by atoms with Crippen molar-refractivity contribution in [2.24, 2.45) is 0 Å². The number of aromatic hydroxyl groups is 1. The van der Waals surface area contributed by atoms with Crippen LogP contribution in [0, 0.1) is 13.8 Å². The van der Waals surface area contributed by atoms with Crippen molar-refractivity contribution in [1.29, 1.82) is 0 Å². The van der Waals surface area contributed by atoms with E-state index in [2.05, 4.69) is 5.43 Å². The molecule has 1 heterocycles. The lowest BCUT2D eigenvalue weighted by atomic mass is 10.1. The predicted octanol–water partition coefficient (Wildman–Crippen LogP) is 1.76. The summed E-state index contributed by atoms with van der Waals surface area (Å²) < 4.78 is 0.957. The minimum Gasteiger partial charge on any atom is -0.507 e. The van der Waals surface area contributed by atoms with E-state index in [1.807, 2.05) is 6.92 Å². The summed E-state index contributed by atoms with van der Waals surface area (Å²) in [5.74, 6) is -1.44. The first-order valence-corrected chi connectivity index (χ1v) is 6.66. The van der Waals surface area contributed by atoms with Crippen LogP contribution in [0.3, 0.4) is 0 Å². The normalized spacial score (nSPS) is 10.3. The first-order chi connectivity index (χ1) is 10.3. The molecule has 0 aliphatic heterocycles. The van der Waals surface area contributed by atoms with E-state index < -0.39 is 23.0 Å². The molecule has 0 spiro atoms. The molecule has 2 aromatic rings. The Morgan fingerprint density at radius 2 is 1.73 bits per heavy atom. The van der Waals surface area contributed by atoms with E-state index in [1.165, 1.54) is 13.0 Å². The zero-order valence-corrected chi connectivity index (χ0v) is 12.5. The van der Waals surface area contributed by atoms with Crippen LogP contribution in [0.5, 0.6) is 5.75 Å². The van der Waals surface area contributed by atoms with Crippen LogP contribution < -0.4 is 11.0 Å². The van der Waals surface area contributed by atoms with Gasteiger partial charge in [0.05, 0.1) is 0 Å². The Bertz CT molecular complexity index is 804. The van der Waals surface area contributed by atoms with Crippen molar-refractivity contribution in [3.8, 4) is 5.75 Å². The molecule has 0 fully saturated rings. The van der Waals surface area contributed by atoms with E-state index in [1.54, 1.807) is 31.2 Å². The van der Waals surface area contributed by atoms with Gasteiger partial charge in [-0.1, -0.05) is 17.7 Å². The summed E-state index contributed by atoms with van der Waals surface area (Å²) in [5.41, 5.74) is 3.03. The summed E-state index contributed by atoms with van der Waals surface area (Å²) >= 11 is 0. The highest BCUT2D eigenvalue weighted by atomic mass is 16.3. The molecule has 2 rings (SSSR count). The monoisotopic (exact) mass is 300 g/mol. The van der Waals surface area contributed by atoms with Crippen LogP contribution in [0.15, 0.2) is 35.1 Å². The number of amides is 1. The fraction of sp³-hybridized carbons (Fsp3) is 0.188. The third-order valence-electron chi connectivity index (χ3n) is 3.25. The van der Waals surface area contributed by atoms with Crippen LogP contribution in [-0.4, -0.2) is 21.5 Å². The van der Waals surface area contributed by atoms with E-state index in [-0.39, 0.29) is 5.56 Å². The van der Waals surface area contributed by atoms with Crippen molar-refractivity contribution >= 4 is 11.7 Å². The number of rotatable bonds is 3. The molecule has 114 valence electrons. The van der Waals surface area contributed by atoms with E-state index in [0.29, 0.717) is 11.3 Å². The molecule has 0 aliphatic rings. The summed E-state index contributed by atoms with van der Waals surface area (Å²) in [4.78, 5) is 35.9. The number of nitrogens with zero attached hydrogens (tertiary/aromatic N) is 1. The topological polar surface area (TPSA) is 88.4 Å². The van der Waals surface area contributed by atoms with Crippen molar-refractivity contribution in [1.82, 2.24) is 4.68 Å². The van der Waals surface area contributed by atoms with Gasteiger partial charge in [-0.2, -0.15) is 0 Å². The minimum atomic E-state index is -0.759. The number of hydrogen-bond acceptors (Lipinski definition) is 4. The number of Topliss-reactive ketones (excluding diaryl/α,β-unsaturated/α-hetero) is 1. The second kappa shape index (κ2) is 5.85. The van der Waals surface area contributed by atoms with Gasteiger partial charge in [-0.3, -0.25) is 19.8 Å². The van der Waals surface area contributed by atoms with E-state index in [9.17, 15) is 19.5 Å². The Kier molecular flexibility index (Phi) is 4.12.